The molecule has 0 saturated carbocycles. The van der Waals surface area contributed by atoms with Crippen LogP contribution in [0.2, 0.25) is 0 Å². The molecule has 0 radical (unpaired) electrons. The third-order valence-electron chi connectivity index (χ3n) is 2.00. The summed E-state index contributed by atoms with van der Waals surface area (Å²) in [5.41, 5.74) is 0. The lowest BCUT2D eigenvalue weighted by Gasteiger charge is -2.14. The fourth-order valence-electron chi connectivity index (χ4n) is 1.19. The second-order valence-corrected chi connectivity index (χ2v) is 4.88. The van der Waals surface area contributed by atoms with Crippen molar-refractivity contribution in [2.45, 2.75) is 33.2 Å². The minimum absolute atomic E-state index is 0.0702. The maximum atomic E-state index is 11.4. The fraction of sp³-hybridized carbons (Fsp3) is 0.545. The van der Waals surface area contributed by atoms with E-state index in [1.54, 1.807) is 11.3 Å². The number of carbonyl (C=O) groups is 1. The lowest BCUT2D eigenvalue weighted by atomic mass is 10.1. The third kappa shape index (κ3) is 3.50. The van der Waals surface area contributed by atoms with Gasteiger partial charge in [-0.05, 0) is 18.4 Å². The summed E-state index contributed by atoms with van der Waals surface area (Å²) in [6, 6.07) is 4.36. The molecular weight excluding hydrogens is 194 g/mol. The summed E-state index contributed by atoms with van der Waals surface area (Å²) in [7, 11) is 0. The zero-order valence-corrected chi connectivity index (χ0v) is 9.73. The smallest absolute Gasteiger partial charge is 0.222 e. The summed E-state index contributed by atoms with van der Waals surface area (Å²) in [6.45, 7) is 5.86. The van der Waals surface area contributed by atoms with Crippen molar-refractivity contribution >= 4 is 17.2 Å². The average Bonchev–Trinajstić information content (AvgIpc) is 2.56. The van der Waals surface area contributed by atoms with Crippen LogP contribution in [-0.2, 0) is 11.2 Å². The van der Waals surface area contributed by atoms with Crippen LogP contribution in [0, 0.1) is 5.92 Å². The molecule has 0 unspecified atom stereocenters. The molecule has 0 aromatic carbocycles. The second kappa shape index (κ2) is 5.15. The highest BCUT2D eigenvalue weighted by molar-refractivity contribution is 7.09. The van der Waals surface area contributed by atoms with Crippen LogP contribution in [0.3, 0.4) is 0 Å². The molecule has 0 aliphatic rings. The first-order valence-electron chi connectivity index (χ1n) is 4.92. The maximum Gasteiger partial charge on any atom is 0.222 e. The SMILES string of the molecule is CC(C)C(=O)N[C@@H](C)Cc1cccs1. The summed E-state index contributed by atoms with van der Waals surface area (Å²) < 4.78 is 0. The van der Waals surface area contributed by atoms with E-state index in [2.05, 4.69) is 16.8 Å². The van der Waals surface area contributed by atoms with Crippen molar-refractivity contribution in [1.82, 2.24) is 5.32 Å². The molecular formula is C11H17NOS. The largest absolute Gasteiger partial charge is 0.353 e. The van der Waals surface area contributed by atoms with Gasteiger partial charge in [0.05, 0.1) is 0 Å². The van der Waals surface area contributed by atoms with E-state index in [1.807, 2.05) is 26.8 Å². The Kier molecular flexibility index (Phi) is 4.14. The van der Waals surface area contributed by atoms with Crippen molar-refractivity contribution < 1.29 is 4.79 Å². The van der Waals surface area contributed by atoms with Gasteiger partial charge in [0, 0.05) is 23.3 Å². The van der Waals surface area contributed by atoms with Gasteiger partial charge >= 0.3 is 0 Å². The van der Waals surface area contributed by atoms with E-state index in [9.17, 15) is 4.79 Å². The number of carbonyl (C=O) groups excluding carboxylic acids is 1. The van der Waals surface area contributed by atoms with Gasteiger partial charge in [0.1, 0.15) is 0 Å². The molecule has 0 aliphatic carbocycles. The van der Waals surface area contributed by atoms with Crippen LogP contribution in [0.5, 0.6) is 0 Å². The van der Waals surface area contributed by atoms with Gasteiger partial charge in [0.2, 0.25) is 5.91 Å². The fourth-order valence-corrected chi connectivity index (χ4v) is 2.03. The van der Waals surface area contributed by atoms with Crippen molar-refractivity contribution in [3.63, 3.8) is 0 Å². The molecule has 1 rings (SSSR count). The summed E-state index contributed by atoms with van der Waals surface area (Å²) in [6.07, 6.45) is 0.927. The number of amides is 1. The first-order chi connectivity index (χ1) is 6.59. The Hall–Kier alpha value is -0.830. The van der Waals surface area contributed by atoms with Gasteiger partial charge in [-0.25, -0.2) is 0 Å². The van der Waals surface area contributed by atoms with Gasteiger partial charge in [0.15, 0.2) is 0 Å². The zero-order chi connectivity index (χ0) is 10.6. The Labute approximate surface area is 89.3 Å². The lowest BCUT2D eigenvalue weighted by Crippen LogP contribution is -2.36. The molecule has 1 N–H and O–H groups in total. The molecule has 78 valence electrons. The van der Waals surface area contributed by atoms with Gasteiger partial charge in [-0.3, -0.25) is 4.79 Å². The Morgan fingerprint density at radius 2 is 2.21 bits per heavy atom. The van der Waals surface area contributed by atoms with E-state index in [4.69, 9.17) is 0 Å². The zero-order valence-electron chi connectivity index (χ0n) is 8.91. The highest BCUT2D eigenvalue weighted by Crippen LogP contribution is 2.11. The lowest BCUT2D eigenvalue weighted by molar-refractivity contribution is -0.124. The molecule has 1 aromatic heterocycles. The molecule has 2 nitrogen and oxygen atoms in total. The van der Waals surface area contributed by atoms with Crippen molar-refractivity contribution in [3.8, 4) is 0 Å². The van der Waals surface area contributed by atoms with Gasteiger partial charge in [-0.15, -0.1) is 11.3 Å². The van der Waals surface area contributed by atoms with Crippen molar-refractivity contribution in [3.05, 3.63) is 22.4 Å². The molecule has 0 fully saturated rings. The Morgan fingerprint density at radius 3 is 2.71 bits per heavy atom. The van der Waals surface area contributed by atoms with Crippen LogP contribution in [0.4, 0.5) is 0 Å². The van der Waals surface area contributed by atoms with Crippen LogP contribution < -0.4 is 5.32 Å². The van der Waals surface area contributed by atoms with Crippen LogP contribution >= 0.6 is 11.3 Å². The summed E-state index contributed by atoms with van der Waals surface area (Å²) >= 11 is 1.74. The molecule has 0 bridgehead atoms. The van der Waals surface area contributed by atoms with E-state index < -0.39 is 0 Å². The molecule has 0 saturated heterocycles. The van der Waals surface area contributed by atoms with Gasteiger partial charge in [0.25, 0.3) is 0 Å². The first kappa shape index (κ1) is 11.2. The van der Waals surface area contributed by atoms with Crippen LogP contribution in [0.15, 0.2) is 17.5 Å². The average molecular weight is 211 g/mol. The number of rotatable bonds is 4. The van der Waals surface area contributed by atoms with Crippen LogP contribution in [-0.4, -0.2) is 11.9 Å². The molecule has 3 heteroatoms. The Balaban J connectivity index is 2.36. The van der Waals surface area contributed by atoms with E-state index in [0.29, 0.717) is 0 Å². The van der Waals surface area contributed by atoms with E-state index in [-0.39, 0.29) is 17.9 Å². The quantitative estimate of drug-likeness (QED) is 0.814. The van der Waals surface area contributed by atoms with E-state index >= 15 is 0 Å². The number of hydrogen-bond donors (Lipinski definition) is 1. The number of nitrogens with one attached hydrogen (secondary N) is 1. The highest BCUT2D eigenvalue weighted by atomic mass is 32.1. The van der Waals surface area contributed by atoms with Crippen LogP contribution in [0.25, 0.3) is 0 Å². The first-order valence-corrected chi connectivity index (χ1v) is 5.80. The Bertz CT molecular complexity index is 279. The summed E-state index contributed by atoms with van der Waals surface area (Å²) in [5, 5.41) is 5.05. The number of hydrogen-bond acceptors (Lipinski definition) is 2. The van der Waals surface area contributed by atoms with Crippen molar-refractivity contribution in [2.24, 2.45) is 5.92 Å². The predicted octanol–water partition coefficient (Wildman–Crippen LogP) is 2.45. The number of thiophene rings is 1. The minimum atomic E-state index is 0.0702. The molecule has 1 heterocycles. The molecule has 1 amide bonds. The minimum Gasteiger partial charge on any atom is -0.353 e. The van der Waals surface area contributed by atoms with Crippen LogP contribution in [0.1, 0.15) is 25.6 Å². The predicted molar refractivity (Wildman–Crippen MR) is 60.5 cm³/mol. The van der Waals surface area contributed by atoms with Gasteiger partial charge in [-0.1, -0.05) is 19.9 Å². The molecule has 0 aliphatic heterocycles. The molecule has 0 spiro atoms. The topological polar surface area (TPSA) is 29.1 Å². The molecule has 1 aromatic rings. The molecule has 14 heavy (non-hydrogen) atoms. The normalized spacial score (nSPS) is 12.9. The summed E-state index contributed by atoms with van der Waals surface area (Å²) in [5.74, 6) is 0.204. The van der Waals surface area contributed by atoms with Gasteiger partial charge in [-0.2, -0.15) is 0 Å². The summed E-state index contributed by atoms with van der Waals surface area (Å²) in [4.78, 5) is 12.7. The second-order valence-electron chi connectivity index (χ2n) is 3.85. The third-order valence-corrected chi connectivity index (χ3v) is 2.90. The maximum absolute atomic E-state index is 11.4. The van der Waals surface area contributed by atoms with Crippen molar-refractivity contribution in [2.75, 3.05) is 0 Å². The van der Waals surface area contributed by atoms with Crippen molar-refractivity contribution in [1.29, 1.82) is 0 Å². The Morgan fingerprint density at radius 1 is 1.50 bits per heavy atom. The highest BCUT2D eigenvalue weighted by Gasteiger charge is 2.11. The van der Waals surface area contributed by atoms with Gasteiger partial charge < -0.3 is 5.32 Å². The van der Waals surface area contributed by atoms with E-state index in [0.717, 1.165) is 6.42 Å². The standard InChI is InChI=1S/C11H17NOS/c1-8(2)11(13)12-9(3)7-10-5-4-6-14-10/h4-6,8-9H,7H2,1-3H3,(H,12,13)/t9-/m0/s1. The van der Waals surface area contributed by atoms with E-state index in [1.165, 1.54) is 4.88 Å². The monoisotopic (exact) mass is 211 g/mol. The molecule has 1 atom stereocenters.